The SMILES string of the molecule is Cc1cc(-c2cc(C)c3ccn(Cc4ccccc4)c3c2)cn(C)c1=O.N=S(=O)=O. The lowest BCUT2D eigenvalue weighted by Crippen LogP contribution is -2.18. The van der Waals surface area contributed by atoms with Crippen molar-refractivity contribution in [1.82, 2.24) is 9.13 Å². The van der Waals surface area contributed by atoms with Crippen LogP contribution in [-0.4, -0.2) is 17.6 Å². The van der Waals surface area contributed by atoms with Gasteiger partial charge >= 0.3 is 10.5 Å². The summed E-state index contributed by atoms with van der Waals surface area (Å²) in [6, 6.07) is 19.1. The minimum atomic E-state index is -2.61. The maximum atomic E-state index is 12.0. The van der Waals surface area contributed by atoms with Crippen LogP contribution in [-0.2, 0) is 24.1 Å². The highest BCUT2D eigenvalue weighted by Crippen LogP contribution is 2.28. The quantitative estimate of drug-likeness (QED) is 0.535. The number of aromatic nitrogens is 2. The van der Waals surface area contributed by atoms with Gasteiger partial charge in [0.2, 0.25) is 0 Å². The van der Waals surface area contributed by atoms with Crippen LogP contribution in [0.5, 0.6) is 0 Å². The molecule has 0 amide bonds. The highest BCUT2D eigenvalue weighted by Gasteiger charge is 2.09. The predicted octanol–water partition coefficient (Wildman–Crippen LogP) is 4.30. The molecular weight excluding hydrogens is 398 g/mol. The zero-order chi connectivity index (χ0) is 21.8. The van der Waals surface area contributed by atoms with Crippen molar-refractivity contribution in [1.29, 1.82) is 4.78 Å². The molecule has 30 heavy (non-hydrogen) atoms. The van der Waals surface area contributed by atoms with Crippen molar-refractivity contribution < 1.29 is 8.42 Å². The van der Waals surface area contributed by atoms with Gasteiger partial charge in [0.1, 0.15) is 0 Å². The van der Waals surface area contributed by atoms with E-state index >= 15 is 0 Å². The minimum absolute atomic E-state index is 0.0546. The molecule has 0 bridgehead atoms. The maximum absolute atomic E-state index is 12.0. The highest BCUT2D eigenvalue weighted by atomic mass is 32.2. The standard InChI is InChI=1S/C23H22N2O.HNO2S/c1-16-11-19(20-12-17(2)23(26)24(3)15-20)13-22-21(16)9-10-25(22)14-18-7-5-4-6-8-18;1-4(2)3/h4-13,15H,14H2,1-3H3;1H. The summed E-state index contributed by atoms with van der Waals surface area (Å²) in [5.74, 6) is 0. The lowest BCUT2D eigenvalue weighted by molar-refractivity contribution is 0.620. The van der Waals surface area contributed by atoms with Gasteiger partial charge in [-0.05, 0) is 54.3 Å². The molecular formula is C23H23N3O3S. The summed E-state index contributed by atoms with van der Waals surface area (Å²) in [6.07, 6.45) is 4.07. The van der Waals surface area contributed by atoms with Gasteiger partial charge in [-0.3, -0.25) is 4.79 Å². The van der Waals surface area contributed by atoms with Crippen molar-refractivity contribution >= 4 is 21.4 Å². The van der Waals surface area contributed by atoms with Gasteiger partial charge in [-0.25, -0.2) is 0 Å². The van der Waals surface area contributed by atoms with E-state index in [1.165, 1.54) is 22.0 Å². The minimum Gasteiger partial charge on any atom is -0.343 e. The number of nitrogens with zero attached hydrogens (tertiary/aromatic N) is 2. The van der Waals surface area contributed by atoms with E-state index in [9.17, 15) is 4.79 Å². The smallest absolute Gasteiger partial charge is 0.308 e. The Hall–Kier alpha value is -3.45. The normalized spacial score (nSPS) is 10.5. The van der Waals surface area contributed by atoms with Gasteiger partial charge in [-0.2, -0.15) is 13.2 Å². The molecule has 0 saturated heterocycles. The molecule has 0 spiro atoms. The lowest BCUT2D eigenvalue weighted by Gasteiger charge is -2.11. The highest BCUT2D eigenvalue weighted by molar-refractivity contribution is 7.60. The van der Waals surface area contributed by atoms with Gasteiger partial charge in [0, 0.05) is 42.5 Å². The fourth-order valence-corrected chi connectivity index (χ4v) is 3.60. The molecule has 0 atom stereocenters. The van der Waals surface area contributed by atoms with E-state index in [-0.39, 0.29) is 5.56 Å². The third-order valence-electron chi connectivity index (χ3n) is 4.99. The van der Waals surface area contributed by atoms with Gasteiger partial charge in [0.15, 0.2) is 0 Å². The van der Waals surface area contributed by atoms with E-state index in [1.54, 1.807) is 4.57 Å². The molecule has 0 saturated carbocycles. The van der Waals surface area contributed by atoms with Crippen molar-refractivity contribution in [3.8, 4) is 11.1 Å². The number of aryl methyl sites for hydroxylation is 3. The fraction of sp³-hybridized carbons (Fsp3) is 0.174. The van der Waals surface area contributed by atoms with Crippen LogP contribution >= 0.6 is 0 Å². The largest absolute Gasteiger partial charge is 0.343 e. The van der Waals surface area contributed by atoms with Crippen molar-refractivity contribution in [2.75, 3.05) is 0 Å². The Labute approximate surface area is 176 Å². The second-order valence-electron chi connectivity index (χ2n) is 7.22. The van der Waals surface area contributed by atoms with E-state index in [0.717, 1.165) is 23.2 Å². The molecule has 0 fully saturated rings. The van der Waals surface area contributed by atoms with E-state index < -0.39 is 10.5 Å². The average molecular weight is 422 g/mol. The lowest BCUT2D eigenvalue weighted by atomic mass is 10.0. The van der Waals surface area contributed by atoms with Crippen LogP contribution in [0.4, 0.5) is 0 Å². The van der Waals surface area contributed by atoms with Crippen LogP contribution in [0.3, 0.4) is 0 Å². The van der Waals surface area contributed by atoms with Crippen LogP contribution in [0.1, 0.15) is 16.7 Å². The van der Waals surface area contributed by atoms with Crippen molar-refractivity contribution in [2.24, 2.45) is 7.05 Å². The fourth-order valence-electron chi connectivity index (χ4n) is 3.60. The van der Waals surface area contributed by atoms with Crippen LogP contribution in [0, 0.1) is 18.6 Å². The van der Waals surface area contributed by atoms with Crippen LogP contribution in [0.25, 0.3) is 22.0 Å². The number of nitrogens with one attached hydrogen (secondary N) is 1. The molecule has 0 aliphatic carbocycles. The monoisotopic (exact) mass is 421 g/mol. The first-order chi connectivity index (χ1) is 14.3. The van der Waals surface area contributed by atoms with Gasteiger partial charge in [-0.15, -0.1) is 0 Å². The van der Waals surface area contributed by atoms with Gasteiger partial charge < -0.3 is 9.13 Å². The van der Waals surface area contributed by atoms with E-state index in [4.69, 9.17) is 13.2 Å². The first-order valence-electron chi connectivity index (χ1n) is 9.38. The molecule has 2 aromatic carbocycles. The predicted molar refractivity (Wildman–Crippen MR) is 119 cm³/mol. The summed E-state index contributed by atoms with van der Waals surface area (Å²) in [5.41, 5.74) is 6.78. The van der Waals surface area contributed by atoms with Crippen molar-refractivity contribution in [2.45, 2.75) is 20.4 Å². The Bertz CT molecular complexity index is 1340. The number of hydrogen-bond donors (Lipinski definition) is 1. The maximum Gasteiger partial charge on any atom is 0.308 e. The van der Waals surface area contributed by atoms with Crippen molar-refractivity contribution in [3.05, 3.63) is 94.0 Å². The Morgan fingerprint density at radius 1 is 0.933 bits per heavy atom. The Morgan fingerprint density at radius 3 is 2.20 bits per heavy atom. The molecule has 4 rings (SSSR count). The number of fused-ring (bicyclic) bond motifs is 1. The van der Waals surface area contributed by atoms with Gasteiger partial charge in [0.25, 0.3) is 5.56 Å². The number of benzene rings is 2. The summed E-state index contributed by atoms with van der Waals surface area (Å²) in [6.45, 7) is 4.86. The van der Waals surface area contributed by atoms with Gasteiger partial charge in [-0.1, -0.05) is 36.4 Å². The first-order valence-corrected chi connectivity index (χ1v) is 10.5. The second-order valence-corrected chi connectivity index (χ2v) is 7.69. The summed E-state index contributed by atoms with van der Waals surface area (Å²) in [7, 11) is -0.803. The third-order valence-corrected chi connectivity index (χ3v) is 4.99. The molecule has 0 unspecified atom stereocenters. The molecule has 2 heterocycles. The topological polar surface area (TPSA) is 84.9 Å². The molecule has 0 aliphatic rings. The van der Waals surface area contributed by atoms with Crippen LogP contribution in [0.2, 0.25) is 0 Å². The number of rotatable bonds is 3. The zero-order valence-corrected chi connectivity index (χ0v) is 17.9. The molecule has 2 aromatic heterocycles. The average Bonchev–Trinajstić information content (AvgIpc) is 3.09. The Balaban J connectivity index is 0.000000589. The Kier molecular flexibility index (Phi) is 6.32. The van der Waals surface area contributed by atoms with Crippen LogP contribution < -0.4 is 5.56 Å². The molecule has 154 valence electrons. The van der Waals surface area contributed by atoms with Crippen LogP contribution in [0.15, 0.2) is 71.8 Å². The van der Waals surface area contributed by atoms with E-state index in [1.807, 2.05) is 32.3 Å². The number of hydrogen-bond acceptors (Lipinski definition) is 4. The summed E-state index contributed by atoms with van der Waals surface area (Å²) < 4.78 is 26.8. The third kappa shape index (κ3) is 4.75. The van der Waals surface area contributed by atoms with E-state index in [0.29, 0.717) is 0 Å². The number of pyridine rings is 1. The molecule has 7 heteroatoms. The molecule has 1 N–H and O–H groups in total. The molecule has 0 aliphatic heterocycles. The van der Waals surface area contributed by atoms with Crippen molar-refractivity contribution in [3.63, 3.8) is 0 Å². The summed E-state index contributed by atoms with van der Waals surface area (Å²) in [5, 5.41) is 1.27. The second kappa shape index (κ2) is 8.92. The van der Waals surface area contributed by atoms with Gasteiger partial charge in [0.05, 0.1) is 0 Å². The summed E-state index contributed by atoms with van der Waals surface area (Å²) in [4.78, 5) is 12.0. The molecule has 6 nitrogen and oxygen atoms in total. The summed E-state index contributed by atoms with van der Waals surface area (Å²) >= 11 is 0. The Morgan fingerprint density at radius 2 is 1.57 bits per heavy atom. The zero-order valence-electron chi connectivity index (χ0n) is 17.1. The van der Waals surface area contributed by atoms with E-state index in [2.05, 4.69) is 60.2 Å². The first kappa shape index (κ1) is 21.3. The molecule has 4 aromatic rings. The molecule has 0 radical (unpaired) electrons.